The van der Waals surface area contributed by atoms with Crippen LogP contribution < -0.4 is 16.5 Å². The van der Waals surface area contributed by atoms with E-state index in [0.717, 1.165) is 22.1 Å². The summed E-state index contributed by atoms with van der Waals surface area (Å²) in [5.74, 6) is -0.719. The molecule has 3 rings (SSSR count). The van der Waals surface area contributed by atoms with Crippen LogP contribution in [0.5, 0.6) is 0 Å². The van der Waals surface area contributed by atoms with E-state index in [1.54, 1.807) is 19.4 Å². The van der Waals surface area contributed by atoms with Gasteiger partial charge < -0.3 is 9.40 Å². The molecule has 0 aliphatic rings. The molecule has 0 aliphatic heterocycles. The Balaban J connectivity index is 1.82. The largest absolute Gasteiger partial charge is 0.315 e. The van der Waals surface area contributed by atoms with Crippen molar-refractivity contribution in [2.24, 2.45) is 0 Å². The molecular formula is C22H25N3O5S. The fourth-order valence-electron chi connectivity index (χ4n) is 3.39. The van der Waals surface area contributed by atoms with Gasteiger partial charge in [0.15, 0.2) is 0 Å². The fourth-order valence-corrected chi connectivity index (χ4v) is 4.18. The predicted molar refractivity (Wildman–Crippen MR) is 120 cm³/mol. The summed E-state index contributed by atoms with van der Waals surface area (Å²) in [6, 6.07) is 15.6. The summed E-state index contributed by atoms with van der Waals surface area (Å²) in [5.41, 5.74) is 7.28. The zero-order valence-electron chi connectivity index (χ0n) is 17.3. The number of aryl methyl sites for hydroxylation is 1. The number of carbonyl (C=O) groups is 1. The van der Waals surface area contributed by atoms with Crippen molar-refractivity contribution in [2.45, 2.75) is 24.8 Å². The Bertz CT molecular complexity index is 1140. The summed E-state index contributed by atoms with van der Waals surface area (Å²) in [7, 11) is 0.108. The maximum absolute atomic E-state index is 12.9. The fraction of sp³-hybridized carbons (Fsp3) is 0.273. The molecule has 164 valence electrons. The van der Waals surface area contributed by atoms with Crippen LogP contribution in [0.2, 0.25) is 0 Å². The Morgan fingerprint density at radius 2 is 1.87 bits per heavy atom. The summed E-state index contributed by atoms with van der Waals surface area (Å²) in [5, 5.41) is 9.29. The molecule has 1 aromatic heterocycles. The van der Waals surface area contributed by atoms with Crippen molar-refractivity contribution in [3.63, 3.8) is 0 Å². The molecule has 1 heterocycles. The minimum Gasteiger partial charge on any atom is -0.315 e. The van der Waals surface area contributed by atoms with Crippen molar-refractivity contribution in [3.05, 3.63) is 70.6 Å². The number of aromatic nitrogens is 1. The Morgan fingerprint density at radius 1 is 1.16 bits per heavy atom. The van der Waals surface area contributed by atoms with Gasteiger partial charge in [0.25, 0.3) is 11.5 Å². The Labute approximate surface area is 182 Å². The van der Waals surface area contributed by atoms with Gasteiger partial charge in [-0.05, 0) is 46.7 Å². The zero-order valence-corrected chi connectivity index (χ0v) is 18.1. The Morgan fingerprint density at radius 3 is 2.52 bits per heavy atom. The summed E-state index contributed by atoms with van der Waals surface area (Å²) >= 11 is 0. The van der Waals surface area contributed by atoms with Gasteiger partial charge in [-0.15, -0.1) is 0 Å². The van der Waals surface area contributed by atoms with E-state index in [1.165, 1.54) is 16.3 Å². The van der Waals surface area contributed by atoms with Crippen molar-refractivity contribution in [1.82, 2.24) is 15.5 Å². The maximum atomic E-state index is 12.9. The van der Waals surface area contributed by atoms with Crippen molar-refractivity contribution in [1.29, 1.82) is 0 Å². The highest BCUT2D eigenvalue weighted by Gasteiger charge is 2.22. The van der Waals surface area contributed by atoms with E-state index in [1.807, 2.05) is 42.5 Å². The molecule has 0 radical (unpaired) electrons. The van der Waals surface area contributed by atoms with Gasteiger partial charge in [-0.1, -0.05) is 30.3 Å². The highest BCUT2D eigenvalue weighted by Crippen LogP contribution is 2.23. The van der Waals surface area contributed by atoms with Crippen LogP contribution in [-0.2, 0) is 33.5 Å². The minimum absolute atomic E-state index is 0.170. The van der Waals surface area contributed by atoms with E-state index >= 15 is 0 Å². The van der Waals surface area contributed by atoms with Crippen LogP contribution in [-0.4, -0.2) is 38.5 Å². The molecule has 3 N–H and O–H groups in total. The molecule has 8 nitrogen and oxygen atoms in total. The Kier molecular flexibility index (Phi) is 7.69. The third-order valence-corrected chi connectivity index (χ3v) is 6.37. The highest BCUT2D eigenvalue weighted by atomic mass is 32.2. The van der Waals surface area contributed by atoms with Crippen molar-refractivity contribution in [2.75, 3.05) is 13.4 Å². The SMILES string of the molecule is CONCc1ccc(-c2ccc3c(=O)n(CCC(C(=O)NO)S(C)=O)ccc3c2)cc1. The molecule has 2 atom stereocenters. The van der Waals surface area contributed by atoms with Gasteiger partial charge in [-0.25, -0.2) is 5.48 Å². The molecule has 1 amide bonds. The summed E-state index contributed by atoms with van der Waals surface area (Å²) < 4.78 is 13.2. The average Bonchev–Trinajstić information content (AvgIpc) is 2.78. The maximum Gasteiger partial charge on any atom is 0.259 e. The second-order valence-corrected chi connectivity index (χ2v) is 8.66. The lowest BCUT2D eigenvalue weighted by Gasteiger charge is -2.13. The number of amides is 1. The van der Waals surface area contributed by atoms with Crippen LogP contribution in [0.3, 0.4) is 0 Å². The molecule has 2 aromatic carbocycles. The number of hydrogen-bond donors (Lipinski definition) is 3. The highest BCUT2D eigenvalue weighted by molar-refractivity contribution is 7.85. The van der Waals surface area contributed by atoms with Crippen LogP contribution in [0.4, 0.5) is 0 Å². The number of benzene rings is 2. The second kappa shape index (κ2) is 10.5. The van der Waals surface area contributed by atoms with Crippen LogP contribution in [0.1, 0.15) is 12.0 Å². The molecule has 0 bridgehead atoms. The quantitative estimate of drug-likeness (QED) is 0.345. The normalized spacial score (nSPS) is 13.1. The molecule has 2 unspecified atom stereocenters. The van der Waals surface area contributed by atoms with E-state index in [4.69, 9.17) is 10.0 Å². The van der Waals surface area contributed by atoms with Gasteiger partial charge in [-0.2, -0.15) is 5.48 Å². The predicted octanol–water partition coefficient (Wildman–Crippen LogP) is 1.96. The van der Waals surface area contributed by atoms with E-state index in [9.17, 15) is 13.8 Å². The third-order valence-electron chi connectivity index (χ3n) is 5.12. The molecular weight excluding hydrogens is 418 g/mol. The number of carbonyl (C=O) groups excluding carboxylic acids is 1. The second-order valence-electron chi connectivity index (χ2n) is 7.09. The van der Waals surface area contributed by atoms with E-state index in [-0.39, 0.29) is 18.5 Å². The van der Waals surface area contributed by atoms with Gasteiger partial charge in [-0.3, -0.25) is 19.0 Å². The molecule has 0 saturated carbocycles. The average molecular weight is 444 g/mol. The van der Waals surface area contributed by atoms with Crippen molar-refractivity contribution >= 4 is 27.5 Å². The first-order valence-electron chi connectivity index (χ1n) is 9.69. The molecule has 0 aliphatic carbocycles. The number of fused-ring (bicyclic) bond motifs is 1. The van der Waals surface area contributed by atoms with Crippen LogP contribution >= 0.6 is 0 Å². The number of nitrogens with one attached hydrogen (secondary N) is 2. The smallest absolute Gasteiger partial charge is 0.259 e. The number of nitrogens with zero attached hydrogens (tertiary/aromatic N) is 1. The topological polar surface area (TPSA) is 110 Å². The minimum atomic E-state index is -1.47. The van der Waals surface area contributed by atoms with Gasteiger partial charge in [0.05, 0.1) is 7.11 Å². The molecule has 0 fully saturated rings. The molecule has 0 saturated heterocycles. The molecule has 0 spiro atoms. The zero-order chi connectivity index (χ0) is 22.4. The van der Waals surface area contributed by atoms with Crippen LogP contribution in [0.25, 0.3) is 21.9 Å². The first kappa shape index (κ1) is 22.8. The lowest BCUT2D eigenvalue weighted by atomic mass is 10.0. The van der Waals surface area contributed by atoms with Gasteiger partial charge in [0.2, 0.25) is 0 Å². The number of pyridine rings is 1. The van der Waals surface area contributed by atoms with Gasteiger partial charge in [0, 0.05) is 41.7 Å². The van der Waals surface area contributed by atoms with E-state index in [2.05, 4.69) is 5.48 Å². The van der Waals surface area contributed by atoms with E-state index < -0.39 is 22.0 Å². The lowest BCUT2D eigenvalue weighted by Crippen LogP contribution is -2.36. The lowest BCUT2D eigenvalue weighted by molar-refractivity contribution is -0.128. The standard InChI is InChI=1S/C22H25N3O5S/c1-30-23-14-15-3-5-16(6-4-15)17-7-8-19-18(13-17)9-11-25(22(19)27)12-10-20(31(2)29)21(26)24-28/h3-9,11,13,20,23,28H,10,12,14H2,1-2H3,(H,24,26). The number of hydroxylamine groups is 2. The summed E-state index contributed by atoms with van der Waals surface area (Å²) in [6.45, 7) is 0.825. The Hall–Kier alpha value is -2.85. The summed E-state index contributed by atoms with van der Waals surface area (Å²) in [4.78, 5) is 29.4. The molecule has 3 aromatic rings. The van der Waals surface area contributed by atoms with E-state index in [0.29, 0.717) is 11.9 Å². The van der Waals surface area contributed by atoms with Crippen LogP contribution in [0, 0.1) is 0 Å². The number of rotatable bonds is 9. The van der Waals surface area contributed by atoms with Crippen LogP contribution in [0.15, 0.2) is 59.5 Å². The first-order valence-corrected chi connectivity index (χ1v) is 11.3. The van der Waals surface area contributed by atoms with Gasteiger partial charge >= 0.3 is 0 Å². The first-order chi connectivity index (χ1) is 14.9. The van der Waals surface area contributed by atoms with Gasteiger partial charge in [0.1, 0.15) is 5.25 Å². The van der Waals surface area contributed by atoms with Crippen molar-refractivity contribution in [3.8, 4) is 11.1 Å². The third kappa shape index (κ3) is 5.45. The molecule has 31 heavy (non-hydrogen) atoms. The summed E-state index contributed by atoms with van der Waals surface area (Å²) in [6.07, 6.45) is 3.23. The van der Waals surface area contributed by atoms with Crippen molar-refractivity contribution < 1.29 is 19.0 Å². The monoisotopic (exact) mass is 443 g/mol. The molecule has 9 heteroatoms. The number of hydrogen-bond acceptors (Lipinski definition) is 6.